The summed E-state index contributed by atoms with van der Waals surface area (Å²) in [6, 6.07) is 75.8. The highest BCUT2D eigenvalue weighted by molar-refractivity contribution is 6.15. The van der Waals surface area contributed by atoms with Crippen molar-refractivity contribution in [1.82, 2.24) is 4.57 Å². The minimum atomic E-state index is -0.123. The Morgan fingerprint density at radius 2 is 1.16 bits per heavy atom. The van der Waals surface area contributed by atoms with Crippen LogP contribution in [0.5, 0.6) is 0 Å². The number of para-hydroxylation sites is 4. The van der Waals surface area contributed by atoms with Gasteiger partial charge < -0.3 is 13.9 Å². The number of anilines is 3. The number of benzene rings is 9. The van der Waals surface area contributed by atoms with E-state index in [1.54, 1.807) is 0 Å². The molecule has 9 aromatic carbocycles. The minimum absolute atomic E-state index is 0.123. The highest BCUT2D eigenvalue weighted by Crippen LogP contribution is 2.55. The van der Waals surface area contributed by atoms with Crippen LogP contribution in [0.2, 0.25) is 0 Å². The van der Waals surface area contributed by atoms with Gasteiger partial charge in [-0.2, -0.15) is 0 Å². The lowest BCUT2D eigenvalue weighted by molar-refractivity contribution is 0.621. The molecule has 0 fully saturated rings. The molecule has 304 valence electrons. The molecule has 0 aliphatic heterocycles. The smallest absolute Gasteiger partial charge is 0.138 e. The van der Waals surface area contributed by atoms with Gasteiger partial charge in [-0.25, -0.2) is 0 Å². The zero-order valence-corrected chi connectivity index (χ0v) is 35.8. The molecule has 0 atom stereocenters. The molecule has 0 saturated heterocycles. The van der Waals surface area contributed by atoms with Gasteiger partial charge in [-0.05, 0) is 106 Å². The van der Waals surface area contributed by atoms with Gasteiger partial charge in [0.15, 0.2) is 0 Å². The number of aryl methyl sites for hydroxylation is 2. The van der Waals surface area contributed by atoms with Crippen molar-refractivity contribution in [2.45, 2.75) is 32.1 Å². The molecule has 0 bridgehead atoms. The van der Waals surface area contributed by atoms with E-state index in [-0.39, 0.29) is 5.41 Å². The summed E-state index contributed by atoms with van der Waals surface area (Å²) >= 11 is 0. The largest absolute Gasteiger partial charge is 0.456 e. The van der Waals surface area contributed by atoms with Crippen LogP contribution in [0.1, 0.15) is 36.1 Å². The second kappa shape index (κ2) is 14.1. The van der Waals surface area contributed by atoms with E-state index in [1.807, 2.05) is 0 Å². The molecule has 2 heterocycles. The Hall–Kier alpha value is -7.88. The van der Waals surface area contributed by atoms with Gasteiger partial charge in [-0.3, -0.25) is 0 Å². The first kappa shape index (κ1) is 36.7. The maximum Gasteiger partial charge on any atom is 0.138 e. The molecule has 0 amide bonds. The lowest BCUT2D eigenvalue weighted by atomic mass is 9.82. The fraction of sp³-hybridized carbons (Fsp3) is 0.0820. The van der Waals surface area contributed by atoms with Crippen LogP contribution in [-0.2, 0) is 18.3 Å². The number of furan rings is 1. The van der Waals surface area contributed by atoms with E-state index >= 15 is 0 Å². The SMILES string of the molecule is CC1(C)c2ccccc2-c2c(-c3ccccc3N(c3cccc(-c4cccc5oc6c(c45)CCc4ccccc4-6)c3)c3cccc4c5ccccc5n(-c5ccccc5)c34)cccc21. The summed E-state index contributed by atoms with van der Waals surface area (Å²) in [5.74, 6) is 1.01. The van der Waals surface area contributed by atoms with Gasteiger partial charge in [0.1, 0.15) is 11.3 Å². The minimum Gasteiger partial charge on any atom is -0.456 e. The van der Waals surface area contributed by atoms with Crippen molar-refractivity contribution in [2.24, 2.45) is 0 Å². The van der Waals surface area contributed by atoms with Gasteiger partial charge in [0, 0.05) is 49.6 Å². The van der Waals surface area contributed by atoms with Crippen molar-refractivity contribution < 1.29 is 4.42 Å². The molecular weight excluding hydrogens is 777 g/mol. The van der Waals surface area contributed by atoms with Crippen molar-refractivity contribution in [3.05, 3.63) is 229 Å². The van der Waals surface area contributed by atoms with Crippen LogP contribution in [-0.4, -0.2) is 4.57 Å². The summed E-state index contributed by atoms with van der Waals surface area (Å²) in [6.45, 7) is 4.73. The third kappa shape index (κ3) is 5.34. The quantitative estimate of drug-likeness (QED) is 0.167. The molecule has 0 unspecified atom stereocenters. The molecule has 3 nitrogen and oxygen atoms in total. The Kier molecular flexibility index (Phi) is 8.08. The summed E-state index contributed by atoms with van der Waals surface area (Å²) in [4.78, 5) is 2.52. The number of nitrogens with zero attached hydrogens (tertiary/aromatic N) is 2. The van der Waals surface area contributed by atoms with Crippen molar-refractivity contribution in [1.29, 1.82) is 0 Å². The first-order chi connectivity index (χ1) is 31.5. The highest BCUT2D eigenvalue weighted by Gasteiger charge is 2.37. The van der Waals surface area contributed by atoms with E-state index in [1.165, 1.54) is 77.3 Å². The van der Waals surface area contributed by atoms with Crippen LogP contribution < -0.4 is 4.90 Å². The van der Waals surface area contributed by atoms with Crippen LogP contribution >= 0.6 is 0 Å². The molecule has 64 heavy (non-hydrogen) atoms. The molecule has 2 aliphatic carbocycles. The first-order valence-corrected chi connectivity index (χ1v) is 22.5. The van der Waals surface area contributed by atoms with E-state index in [0.717, 1.165) is 58.0 Å². The average molecular weight is 821 g/mol. The van der Waals surface area contributed by atoms with Crippen molar-refractivity contribution in [3.63, 3.8) is 0 Å². The van der Waals surface area contributed by atoms with Crippen molar-refractivity contribution >= 4 is 49.8 Å². The molecule has 2 aliphatic rings. The van der Waals surface area contributed by atoms with Crippen molar-refractivity contribution in [2.75, 3.05) is 4.90 Å². The predicted molar refractivity (Wildman–Crippen MR) is 267 cm³/mol. The Bertz CT molecular complexity index is 3660. The molecule has 2 aromatic heterocycles. The van der Waals surface area contributed by atoms with E-state index < -0.39 is 0 Å². The van der Waals surface area contributed by atoms with Crippen LogP contribution in [0.3, 0.4) is 0 Å². The second-order valence-corrected chi connectivity index (χ2v) is 17.9. The Morgan fingerprint density at radius 3 is 2.06 bits per heavy atom. The van der Waals surface area contributed by atoms with E-state index in [4.69, 9.17) is 4.42 Å². The Morgan fingerprint density at radius 1 is 0.500 bits per heavy atom. The fourth-order valence-corrected chi connectivity index (χ4v) is 11.3. The summed E-state index contributed by atoms with van der Waals surface area (Å²) in [5, 5.41) is 3.65. The maximum absolute atomic E-state index is 6.76. The standard InChI is InChI=1S/C61H44N2O/c1-61(2)51-30-11-8-26-49(51)57-47(28-15-31-52(57)61)45-24-9-12-32-53(45)62(55-34-16-29-48-46-25-10-13-33-54(46)63(59(48)55)41-20-4-3-5-21-41)42-22-14-19-40(38-42)43-27-17-35-56-58(43)50-37-36-39-18-6-7-23-44(39)60(50)64-56/h3-35,38H,36-37H2,1-2H3. The average Bonchev–Trinajstić information content (AvgIpc) is 3.98. The van der Waals surface area contributed by atoms with Crippen LogP contribution in [0.25, 0.3) is 83.2 Å². The van der Waals surface area contributed by atoms with Gasteiger partial charge in [0.05, 0.1) is 22.4 Å². The van der Waals surface area contributed by atoms with Gasteiger partial charge in [0.25, 0.3) is 0 Å². The van der Waals surface area contributed by atoms with Crippen LogP contribution in [0, 0.1) is 0 Å². The third-order valence-corrected chi connectivity index (χ3v) is 14.1. The molecular formula is C61H44N2O. The number of hydrogen-bond acceptors (Lipinski definition) is 2. The summed E-state index contributed by atoms with van der Waals surface area (Å²) in [7, 11) is 0. The highest BCUT2D eigenvalue weighted by atomic mass is 16.3. The molecule has 0 N–H and O–H groups in total. The van der Waals surface area contributed by atoms with E-state index in [9.17, 15) is 0 Å². The lowest BCUT2D eigenvalue weighted by Crippen LogP contribution is -2.15. The summed E-state index contributed by atoms with van der Waals surface area (Å²) in [6.07, 6.45) is 1.95. The Balaban J connectivity index is 1.09. The molecule has 0 radical (unpaired) electrons. The summed E-state index contributed by atoms with van der Waals surface area (Å²) < 4.78 is 9.21. The topological polar surface area (TPSA) is 21.3 Å². The van der Waals surface area contributed by atoms with E-state index in [0.29, 0.717) is 0 Å². The fourth-order valence-electron chi connectivity index (χ4n) is 11.3. The van der Waals surface area contributed by atoms with Crippen LogP contribution in [0.4, 0.5) is 17.1 Å². The van der Waals surface area contributed by atoms with E-state index in [2.05, 4.69) is 230 Å². The second-order valence-electron chi connectivity index (χ2n) is 17.9. The third-order valence-electron chi connectivity index (χ3n) is 14.1. The zero-order valence-electron chi connectivity index (χ0n) is 35.8. The van der Waals surface area contributed by atoms with Gasteiger partial charge in [-0.1, -0.05) is 172 Å². The lowest BCUT2D eigenvalue weighted by Gasteiger charge is -2.30. The zero-order chi connectivity index (χ0) is 42.5. The van der Waals surface area contributed by atoms with Gasteiger partial charge in [0.2, 0.25) is 0 Å². The molecule has 0 saturated carbocycles. The normalized spacial score (nSPS) is 13.5. The monoisotopic (exact) mass is 820 g/mol. The van der Waals surface area contributed by atoms with Crippen LogP contribution in [0.15, 0.2) is 211 Å². The van der Waals surface area contributed by atoms with Crippen molar-refractivity contribution in [3.8, 4) is 50.4 Å². The number of fused-ring (bicyclic) bond motifs is 11. The number of aromatic nitrogens is 1. The summed E-state index contributed by atoms with van der Waals surface area (Å²) in [5.41, 5.74) is 21.6. The maximum atomic E-state index is 6.76. The Labute approximate surface area is 373 Å². The molecule has 13 rings (SSSR count). The number of rotatable bonds is 6. The van der Waals surface area contributed by atoms with Gasteiger partial charge in [-0.15, -0.1) is 0 Å². The predicted octanol–water partition coefficient (Wildman–Crippen LogP) is 16.4. The molecule has 11 aromatic rings. The molecule has 0 spiro atoms. The molecule has 3 heteroatoms. The first-order valence-electron chi connectivity index (χ1n) is 22.5. The number of hydrogen-bond donors (Lipinski definition) is 0. The van der Waals surface area contributed by atoms with Gasteiger partial charge >= 0.3 is 0 Å².